The van der Waals surface area contributed by atoms with Gasteiger partial charge in [0, 0.05) is 24.8 Å². The SMILES string of the molecule is Oc1ccc(-c2ccc3c(c2)CN(c2nccc(Cl)n2)C3)nc1. The Morgan fingerprint density at radius 2 is 1.87 bits per heavy atom. The molecule has 0 radical (unpaired) electrons. The van der Waals surface area contributed by atoms with Crippen molar-refractivity contribution in [2.24, 2.45) is 0 Å². The van der Waals surface area contributed by atoms with Crippen LogP contribution in [0.5, 0.6) is 5.75 Å². The average molecular weight is 325 g/mol. The maximum atomic E-state index is 9.35. The summed E-state index contributed by atoms with van der Waals surface area (Å²) in [5.74, 6) is 0.803. The van der Waals surface area contributed by atoms with E-state index < -0.39 is 0 Å². The Labute approximate surface area is 138 Å². The van der Waals surface area contributed by atoms with Gasteiger partial charge in [-0.25, -0.2) is 9.97 Å². The molecular formula is C17H13ClN4O. The first-order valence-corrected chi connectivity index (χ1v) is 7.57. The Bertz CT molecular complexity index is 867. The molecule has 1 N–H and O–H groups in total. The average Bonchev–Trinajstić information content (AvgIpc) is 2.99. The van der Waals surface area contributed by atoms with Gasteiger partial charge in [-0.1, -0.05) is 23.7 Å². The van der Waals surface area contributed by atoms with Crippen molar-refractivity contribution >= 4 is 17.5 Å². The molecule has 1 aliphatic heterocycles. The summed E-state index contributed by atoms with van der Waals surface area (Å²) < 4.78 is 0. The van der Waals surface area contributed by atoms with Gasteiger partial charge in [0.15, 0.2) is 0 Å². The summed E-state index contributed by atoms with van der Waals surface area (Å²) in [6.45, 7) is 1.50. The van der Waals surface area contributed by atoms with Crippen LogP contribution in [-0.4, -0.2) is 20.1 Å². The molecule has 4 rings (SSSR count). The maximum Gasteiger partial charge on any atom is 0.227 e. The predicted octanol–water partition coefficient (Wildman–Crippen LogP) is 3.42. The molecule has 0 saturated carbocycles. The summed E-state index contributed by atoms with van der Waals surface area (Å²) in [7, 11) is 0. The van der Waals surface area contributed by atoms with Gasteiger partial charge in [-0.05, 0) is 35.4 Å². The molecule has 0 spiro atoms. The number of aromatic nitrogens is 3. The summed E-state index contributed by atoms with van der Waals surface area (Å²) in [5, 5.41) is 9.79. The van der Waals surface area contributed by atoms with Crippen LogP contribution in [0, 0.1) is 0 Å². The zero-order valence-corrected chi connectivity index (χ0v) is 12.9. The fourth-order valence-electron chi connectivity index (χ4n) is 2.73. The fourth-order valence-corrected chi connectivity index (χ4v) is 2.86. The molecule has 0 saturated heterocycles. The zero-order valence-electron chi connectivity index (χ0n) is 12.1. The first-order chi connectivity index (χ1) is 11.2. The summed E-state index contributed by atoms with van der Waals surface area (Å²) in [6, 6.07) is 11.4. The molecule has 0 aliphatic carbocycles. The second-order valence-electron chi connectivity index (χ2n) is 5.42. The van der Waals surface area contributed by atoms with Crippen LogP contribution in [0.2, 0.25) is 5.15 Å². The Hall–Kier alpha value is -2.66. The minimum atomic E-state index is 0.166. The number of hydrogen-bond acceptors (Lipinski definition) is 5. The molecule has 3 aromatic rings. The van der Waals surface area contributed by atoms with E-state index in [9.17, 15) is 5.11 Å². The fraction of sp³-hybridized carbons (Fsp3) is 0.118. The molecule has 0 unspecified atom stereocenters. The van der Waals surface area contributed by atoms with Crippen molar-refractivity contribution in [2.45, 2.75) is 13.1 Å². The highest BCUT2D eigenvalue weighted by atomic mass is 35.5. The lowest BCUT2D eigenvalue weighted by Crippen LogP contribution is -2.17. The van der Waals surface area contributed by atoms with Gasteiger partial charge in [-0.2, -0.15) is 0 Å². The van der Waals surface area contributed by atoms with E-state index >= 15 is 0 Å². The molecule has 2 aromatic heterocycles. The van der Waals surface area contributed by atoms with Crippen molar-refractivity contribution in [1.82, 2.24) is 15.0 Å². The van der Waals surface area contributed by atoms with E-state index in [0.717, 1.165) is 24.3 Å². The quantitative estimate of drug-likeness (QED) is 0.732. The molecule has 0 amide bonds. The Morgan fingerprint density at radius 1 is 1.00 bits per heavy atom. The number of rotatable bonds is 2. The van der Waals surface area contributed by atoms with E-state index in [4.69, 9.17) is 11.6 Å². The van der Waals surface area contributed by atoms with Crippen molar-refractivity contribution in [1.29, 1.82) is 0 Å². The van der Waals surface area contributed by atoms with Crippen molar-refractivity contribution in [2.75, 3.05) is 4.90 Å². The third kappa shape index (κ3) is 2.71. The lowest BCUT2D eigenvalue weighted by molar-refractivity contribution is 0.473. The first kappa shape index (κ1) is 14.0. The van der Waals surface area contributed by atoms with Crippen molar-refractivity contribution in [3.05, 3.63) is 65.1 Å². The molecule has 1 aromatic carbocycles. The topological polar surface area (TPSA) is 62.1 Å². The number of halogens is 1. The molecule has 0 atom stereocenters. The summed E-state index contributed by atoms with van der Waals surface area (Å²) in [4.78, 5) is 14.9. The Balaban J connectivity index is 1.63. The number of nitrogens with zero attached hydrogens (tertiary/aromatic N) is 4. The van der Waals surface area contributed by atoms with E-state index in [1.165, 1.54) is 17.3 Å². The second kappa shape index (κ2) is 5.52. The number of fused-ring (bicyclic) bond motifs is 1. The third-order valence-corrected chi connectivity index (χ3v) is 4.07. The van der Waals surface area contributed by atoms with E-state index in [1.807, 2.05) is 12.1 Å². The summed E-state index contributed by atoms with van der Waals surface area (Å²) >= 11 is 5.95. The smallest absolute Gasteiger partial charge is 0.227 e. The minimum Gasteiger partial charge on any atom is -0.506 e. The van der Waals surface area contributed by atoms with Gasteiger partial charge in [0.25, 0.3) is 0 Å². The number of benzene rings is 1. The van der Waals surface area contributed by atoms with Crippen molar-refractivity contribution in [3.63, 3.8) is 0 Å². The third-order valence-electron chi connectivity index (χ3n) is 3.86. The highest BCUT2D eigenvalue weighted by Gasteiger charge is 2.21. The number of hydrogen-bond donors (Lipinski definition) is 1. The monoisotopic (exact) mass is 324 g/mol. The van der Waals surface area contributed by atoms with Gasteiger partial charge in [-0.15, -0.1) is 0 Å². The zero-order chi connectivity index (χ0) is 15.8. The molecule has 114 valence electrons. The molecule has 3 heterocycles. The molecule has 0 fully saturated rings. The van der Waals surface area contributed by atoms with E-state index in [2.05, 4.69) is 32.0 Å². The van der Waals surface area contributed by atoms with Crippen LogP contribution >= 0.6 is 11.6 Å². The highest BCUT2D eigenvalue weighted by molar-refractivity contribution is 6.29. The normalized spacial score (nSPS) is 13.2. The lowest BCUT2D eigenvalue weighted by Gasteiger charge is -2.14. The van der Waals surface area contributed by atoms with Gasteiger partial charge in [0.2, 0.25) is 5.95 Å². The minimum absolute atomic E-state index is 0.166. The van der Waals surface area contributed by atoms with E-state index in [-0.39, 0.29) is 5.75 Å². The maximum absolute atomic E-state index is 9.35. The van der Waals surface area contributed by atoms with Crippen LogP contribution in [0.4, 0.5) is 5.95 Å². The van der Waals surface area contributed by atoms with Crippen LogP contribution in [0.25, 0.3) is 11.3 Å². The van der Waals surface area contributed by atoms with Gasteiger partial charge < -0.3 is 10.0 Å². The Morgan fingerprint density at radius 3 is 2.65 bits per heavy atom. The first-order valence-electron chi connectivity index (χ1n) is 7.20. The molecular weight excluding hydrogens is 312 g/mol. The van der Waals surface area contributed by atoms with Gasteiger partial charge in [-0.3, -0.25) is 4.98 Å². The van der Waals surface area contributed by atoms with Crippen LogP contribution in [0.3, 0.4) is 0 Å². The molecule has 1 aliphatic rings. The number of anilines is 1. The van der Waals surface area contributed by atoms with Crippen LogP contribution in [-0.2, 0) is 13.1 Å². The number of aromatic hydroxyl groups is 1. The molecule has 0 bridgehead atoms. The van der Waals surface area contributed by atoms with E-state index in [0.29, 0.717) is 11.1 Å². The predicted molar refractivity (Wildman–Crippen MR) is 88.3 cm³/mol. The van der Waals surface area contributed by atoms with Gasteiger partial charge in [0.05, 0.1) is 11.9 Å². The van der Waals surface area contributed by atoms with Gasteiger partial charge >= 0.3 is 0 Å². The summed E-state index contributed by atoms with van der Waals surface area (Å²) in [5.41, 5.74) is 4.33. The molecule has 23 heavy (non-hydrogen) atoms. The van der Waals surface area contributed by atoms with Gasteiger partial charge in [0.1, 0.15) is 10.9 Å². The molecule has 5 nitrogen and oxygen atoms in total. The lowest BCUT2D eigenvalue weighted by atomic mass is 10.0. The number of pyridine rings is 1. The van der Waals surface area contributed by atoms with Crippen molar-refractivity contribution < 1.29 is 5.11 Å². The van der Waals surface area contributed by atoms with Crippen LogP contribution in [0.1, 0.15) is 11.1 Å². The summed E-state index contributed by atoms with van der Waals surface area (Å²) in [6.07, 6.45) is 3.12. The second-order valence-corrected chi connectivity index (χ2v) is 5.81. The largest absolute Gasteiger partial charge is 0.506 e. The van der Waals surface area contributed by atoms with E-state index in [1.54, 1.807) is 18.3 Å². The molecule has 6 heteroatoms. The standard InChI is InChI=1S/C17H13ClN4O/c18-16-5-6-19-17(21-16)22-9-12-2-1-11(7-13(12)10-22)15-4-3-14(23)8-20-15/h1-8,23H,9-10H2. The van der Waals surface area contributed by atoms with Crippen LogP contribution in [0.15, 0.2) is 48.8 Å². The van der Waals surface area contributed by atoms with Crippen LogP contribution < -0.4 is 4.90 Å². The highest BCUT2D eigenvalue weighted by Crippen LogP contribution is 2.30. The van der Waals surface area contributed by atoms with Crippen molar-refractivity contribution in [3.8, 4) is 17.0 Å². The Kier molecular flexibility index (Phi) is 3.35.